The second-order valence-electron chi connectivity index (χ2n) is 3.00. The molecular formula is C8H16N2O2. The number of nitrogens with zero attached hydrogens (tertiary/aromatic N) is 1. The molecule has 1 rings (SSSR count). The van der Waals surface area contributed by atoms with Gasteiger partial charge in [0.1, 0.15) is 6.04 Å². The Kier molecular flexibility index (Phi) is 3.49. The van der Waals surface area contributed by atoms with Gasteiger partial charge >= 0.3 is 5.97 Å². The van der Waals surface area contributed by atoms with Crippen molar-refractivity contribution < 1.29 is 9.53 Å². The number of rotatable bonds is 2. The van der Waals surface area contributed by atoms with E-state index >= 15 is 0 Å². The van der Waals surface area contributed by atoms with E-state index in [1.54, 1.807) is 5.01 Å². The molecule has 0 amide bonds. The maximum absolute atomic E-state index is 11.3. The van der Waals surface area contributed by atoms with E-state index in [-0.39, 0.29) is 12.0 Å². The van der Waals surface area contributed by atoms with Crippen LogP contribution in [0, 0.1) is 0 Å². The molecule has 1 atom stereocenters. The van der Waals surface area contributed by atoms with Crippen LogP contribution < -0.4 is 5.84 Å². The van der Waals surface area contributed by atoms with Gasteiger partial charge in [-0.1, -0.05) is 0 Å². The Hall–Kier alpha value is -0.610. The third-order valence-electron chi connectivity index (χ3n) is 2.10. The number of piperidine rings is 1. The highest BCUT2D eigenvalue weighted by molar-refractivity contribution is 5.75. The normalized spacial score (nSPS) is 25.3. The van der Waals surface area contributed by atoms with Crippen molar-refractivity contribution in [3.05, 3.63) is 0 Å². The fraction of sp³-hybridized carbons (Fsp3) is 0.875. The first-order valence-corrected chi connectivity index (χ1v) is 4.43. The average molecular weight is 172 g/mol. The summed E-state index contributed by atoms with van der Waals surface area (Å²) in [5.41, 5.74) is 0. The summed E-state index contributed by atoms with van der Waals surface area (Å²) in [7, 11) is 0. The molecule has 1 fully saturated rings. The summed E-state index contributed by atoms with van der Waals surface area (Å²) < 4.78 is 4.89. The van der Waals surface area contributed by atoms with Gasteiger partial charge in [-0.3, -0.25) is 10.6 Å². The summed E-state index contributed by atoms with van der Waals surface area (Å²) >= 11 is 0. The van der Waals surface area contributed by atoms with Crippen molar-refractivity contribution in [3.63, 3.8) is 0 Å². The van der Waals surface area contributed by atoms with E-state index in [4.69, 9.17) is 10.6 Å². The number of nitrogens with two attached hydrogens (primary N) is 1. The summed E-state index contributed by atoms with van der Waals surface area (Å²) in [4.78, 5) is 11.3. The predicted molar refractivity (Wildman–Crippen MR) is 45.2 cm³/mol. The molecular weight excluding hydrogens is 156 g/mol. The lowest BCUT2D eigenvalue weighted by Crippen LogP contribution is -2.49. The van der Waals surface area contributed by atoms with Gasteiger partial charge in [0.25, 0.3) is 0 Å². The van der Waals surface area contributed by atoms with Crippen LogP contribution in [0.15, 0.2) is 0 Å². The van der Waals surface area contributed by atoms with Gasteiger partial charge in [-0.2, -0.15) is 0 Å². The molecule has 1 heterocycles. The highest BCUT2D eigenvalue weighted by Gasteiger charge is 2.27. The Balaban J connectivity index is 2.42. The summed E-state index contributed by atoms with van der Waals surface area (Å²) in [5, 5.41) is 1.58. The molecule has 1 saturated heterocycles. The minimum atomic E-state index is -0.210. The molecule has 1 aliphatic rings. The first-order valence-electron chi connectivity index (χ1n) is 4.43. The highest BCUT2D eigenvalue weighted by Crippen LogP contribution is 2.14. The number of ether oxygens (including phenoxy) is 1. The lowest BCUT2D eigenvalue weighted by Gasteiger charge is -2.29. The van der Waals surface area contributed by atoms with Gasteiger partial charge < -0.3 is 4.74 Å². The largest absolute Gasteiger partial charge is 0.465 e. The first kappa shape index (κ1) is 9.48. The Morgan fingerprint density at radius 1 is 1.67 bits per heavy atom. The van der Waals surface area contributed by atoms with Gasteiger partial charge in [-0.05, 0) is 26.2 Å². The predicted octanol–water partition coefficient (Wildman–Crippen LogP) is 0.278. The fourth-order valence-electron chi connectivity index (χ4n) is 1.45. The number of carbonyl (C=O) groups excluding carboxylic acids is 1. The number of carbonyl (C=O) groups is 1. The highest BCUT2D eigenvalue weighted by atomic mass is 16.5. The first-order chi connectivity index (χ1) is 5.75. The lowest BCUT2D eigenvalue weighted by molar-refractivity contribution is -0.151. The number of esters is 1. The zero-order valence-corrected chi connectivity index (χ0v) is 7.45. The minimum Gasteiger partial charge on any atom is -0.465 e. The molecule has 0 aromatic carbocycles. The van der Waals surface area contributed by atoms with Gasteiger partial charge in [0.15, 0.2) is 0 Å². The van der Waals surface area contributed by atoms with Crippen LogP contribution in [0.3, 0.4) is 0 Å². The molecule has 0 radical (unpaired) electrons. The van der Waals surface area contributed by atoms with Crippen LogP contribution in [0.5, 0.6) is 0 Å². The van der Waals surface area contributed by atoms with E-state index in [0.29, 0.717) is 6.61 Å². The Morgan fingerprint density at radius 2 is 2.42 bits per heavy atom. The quantitative estimate of drug-likeness (QED) is 0.480. The Morgan fingerprint density at radius 3 is 3.00 bits per heavy atom. The van der Waals surface area contributed by atoms with Crippen LogP contribution in [0.2, 0.25) is 0 Å². The van der Waals surface area contributed by atoms with E-state index in [1.165, 1.54) is 0 Å². The van der Waals surface area contributed by atoms with Gasteiger partial charge in [-0.15, -0.1) is 0 Å². The topological polar surface area (TPSA) is 55.6 Å². The molecule has 1 unspecified atom stereocenters. The van der Waals surface area contributed by atoms with Crippen LogP contribution >= 0.6 is 0 Å². The van der Waals surface area contributed by atoms with Crippen LogP contribution in [0.1, 0.15) is 26.2 Å². The smallest absolute Gasteiger partial charge is 0.324 e. The molecule has 12 heavy (non-hydrogen) atoms. The second kappa shape index (κ2) is 4.42. The van der Waals surface area contributed by atoms with Gasteiger partial charge in [0.05, 0.1) is 6.61 Å². The van der Waals surface area contributed by atoms with Gasteiger partial charge in [0, 0.05) is 6.54 Å². The van der Waals surface area contributed by atoms with Crippen LogP contribution in [0.25, 0.3) is 0 Å². The lowest BCUT2D eigenvalue weighted by atomic mass is 10.0. The summed E-state index contributed by atoms with van der Waals surface area (Å²) in [6.45, 7) is 3.04. The summed E-state index contributed by atoms with van der Waals surface area (Å²) in [5.74, 6) is 5.46. The van der Waals surface area contributed by atoms with Crippen LogP contribution in [-0.2, 0) is 9.53 Å². The maximum atomic E-state index is 11.3. The third-order valence-corrected chi connectivity index (χ3v) is 2.10. The standard InChI is InChI=1S/C8H16N2O2/c1-2-12-8(11)7-5-3-4-6-10(7)9/h7H,2-6,9H2,1H3. The third kappa shape index (κ3) is 2.19. The van der Waals surface area contributed by atoms with E-state index in [9.17, 15) is 4.79 Å². The molecule has 70 valence electrons. The monoisotopic (exact) mass is 172 g/mol. The molecule has 2 N–H and O–H groups in total. The van der Waals surface area contributed by atoms with Crippen molar-refractivity contribution in [1.29, 1.82) is 0 Å². The molecule has 0 aromatic rings. The van der Waals surface area contributed by atoms with E-state index in [2.05, 4.69) is 0 Å². The minimum absolute atomic E-state index is 0.181. The van der Waals surface area contributed by atoms with Crippen molar-refractivity contribution in [2.75, 3.05) is 13.2 Å². The number of hydrazine groups is 1. The Bertz CT molecular complexity index is 161. The van der Waals surface area contributed by atoms with E-state index in [1.807, 2.05) is 6.92 Å². The number of hydrogen-bond acceptors (Lipinski definition) is 4. The van der Waals surface area contributed by atoms with Gasteiger partial charge in [0.2, 0.25) is 0 Å². The SMILES string of the molecule is CCOC(=O)C1CCCCN1N. The van der Waals surface area contributed by atoms with E-state index < -0.39 is 0 Å². The molecule has 4 heteroatoms. The van der Waals surface area contributed by atoms with Crippen molar-refractivity contribution in [2.24, 2.45) is 5.84 Å². The maximum Gasteiger partial charge on any atom is 0.324 e. The zero-order valence-electron chi connectivity index (χ0n) is 7.45. The second-order valence-corrected chi connectivity index (χ2v) is 3.00. The van der Waals surface area contributed by atoms with Crippen molar-refractivity contribution in [2.45, 2.75) is 32.2 Å². The summed E-state index contributed by atoms with van der Waals surface area (Å²) in [6, 6.07) is -0.210. The van der Waals surface area contributed by atoms with Crippen molar-refractivity contribution in [1.82, 2.24) is 5.01 Å². The molecule has 4 nitrogen and oxygen atoms in total. The Labute approximate surface area is 72.6 Å². The van der Waals surface area contributed by atoms with Crippen LogP contribution in [-0.4, -0.2) is 30.2 Å². The van der Waals surface area contributed by atoms with Crippen molar-refractivity contribution >= 4 is 5.97 Å². The molecule has 0 aromatic heterocycles. The van der Waals surface area contributed by atoms with E-state index in [0.717, 1.165) is 25.8 Å². The molecule has 0 aliphatic carbocycles. The van der Waals surface area contributed by atoms with Gasteiger partial charge in [-0.25, -0.2) is 5.01 Å². The molecule has 0 spiro atoms. The average Bonchev–Trinajstić information content (AvgIpc) is 2.05. The number of hydrogen-bond donors (Lipinski definition) is 1. The summed E-state index contributed by atoms with van der Waals surface area (Å²) in [6.07, 6.45) is 2.97. The fourth-order valence-corrected chi connectivity index (χ4v) is 1.45. The molecule has 0 bridgehead atoms. The van der Waals surface area contributed by atoms with Crippen molar-refractivity contribution in [3.8, 4) is 0 Å². The molecule has 0 saturated carbocycles. The van der Waals surface area contributed by atoms with Crippen LogP contribution in [0.4, 0.5) is 0 Å². The molecule has 1 aliphatic heterocycles. The zero-order chi connectivity index (χ0) is 8.97.